The van der Waals surface area contributed by atoms with E-state index in [1.165, 1.54) is 41.5 Å². The Kier molecular flexibility index (Phi) is 5.94. The molecule has 2 heteroatoms. The topological polar surface area (TPSA) is 12.9 Å². The van der Waals surface area contributed by atoms with Gasteiger partial charge in [0.05, 0.1) is 0 Å². The van der Waals surface area contributed by atoms with Gasteiger partial charge in [-0.15, -0.1) is 34.9 Å². The summed E-state index contributed by atoms with van der Waals surface area (Å²) in [5, 5.41) is 0. The summed E-state index contributed by atoms with van der Waals surface area (Å²) in [6.07, 6.45) is 5.64. The second-order valence-electron chi connectivity index (χ2n) is 9.09. The van der Waals surface area contributed by atoms with Crippen LogP contribution in [0.2, 0.25) is 0 Å². The first kappa shape index (κ1) is 21.0. The van der Waals surface area contributed by atoms with Crippen molar-refractivity contribution in [2.45, 2.75) is 57.8 Å². The largest absolute Gasteiger partial charge is 0.305 e. The van der Waals surface area contributed by atoms with Gasteiger partial charge in [-0.25, -0.2) is 0 Å². The monoisotopic (exact) mass is 547 g/mol. The molecule has 28 heavy (non-hydrogen) atoms. The molecule has 1 radical (unpaired) electrons. The Morgan fingerprint density at radius 3 is 2.21 bits per heavy atom. The third-order valence-electron chi connectivity index (χ3n) is 6.16. The van der Waals surface area contributed by atoms with Crippen molar-refractivity contribution in [1.29, 1.82) is 0 Å². The molecule has 0 saturated heterocycles. The van der Waals surface area contributed by atoms with Gasteiger partial charge in [0, 0.05) is 26.3 Å². The van der Waals surface area contributed by atoms with Gasteiger partial charge in [-0.2, -0.15) is 0 Å². The molecule has 0 amide bonds. The average molecular weight is 547 g/mol. The molecule has 0 aliphatic heterocycles. The Hall–Kier alpha value is -1.76. The molecule has 0 spiro atoms. The summed E-state index contributed by atoms with van der Waals surface area (Å²) in [7, 11) is 0. The van der Waals surface area contributed by atoms with Crippen molar-refractivity contribution in [1.82, 2.24) is 4.98 Å². The van der Waals surface area contributed by atoms with Crippen molar-refractivity contribution in [2.75, 3.05) is 0 Å². The molecule has 0 saturated carbocycles. The van der Waals surface area contributed by atoms with Crippen molar-refractivity contribution in [3.8, 4) is 22.4 Å². The fraction of sp³-hybridized carbons (Fsp3) is 0.346. The third-order valence-corrected chi connectivity index (χ3v) is 6.16. The van der Waals surface area contributed by atoms with Gasteiger partial charge in [0.1, 0.15) is 0 Å². The van der Waals surface area contributed by atoms with Gasteiger partial charge in [0.25, 0.3) is 0 Å². The van der Waals surface area contributed by atoms with Gasteiger partial charge >= 0.3 is 0 Å². The number of benzene rings is 2. The summed E-state index contributed by atoms with van der Waals surface area (Å²) in [6.45, 7) is 9.50. The minimum Gasteiger partial charge on any atom is -0.305 e. The summed E-state index contributed by atoms with van der Waals surface area (Å²) >= 11 is 0. The molecule has 1 aromatic heterocycles. The summed E-state index contributed by atoms with van der Waals surface area (Å²) in [6, 6.07) is 22.9. The van der Waals surface area contributed by atoms with Crippen LogP contribution in [0.3, 0.4) is 0 Å². The first-order valence-corrected chi connectivity index (χ1v) is 9.95. The Balaban J connectivity index is 0.00000225. The van der Waals surface area contributed by atoms with Crippen LogP contribution in [0.5, 0.6) is 0 Å². The van der Waals surface area contributed by atoms with Crippen molar-refractivity contribution < 1.29 is 20.1 Å². The number of fused-ring (bicyclic) bond motifs is 1. The zero-order chi connectivity index (χ0) is 19.1. The smallest absolute Gasteiger partial charge is 0.0166 e. The van der Waals surface area contributed by atoms with Crippen LogP contribution in [-0.4, -0.2) is 4.98 Å². The normalized spacial score (nSPS) is 17.1. The van der Waals surface area contributed by atoms with Crippen LogP contribution in [-0.2, 0) is 30.9 Å². The van der Waals surface area contributed by atoms with Crippen LogP contribution in [0.1, 0.15) is 58.1 Å². The molecular weight excluding hydrogens is 519 g/mol. The maximum Gasteiger partial charge on any atom is 0.0166 e. The third kappa shape index (κ3) is 4.00. The van der Waals surface area contributed by atoms with Gasteiger partial charge in [-0.1, -0.05) is 76.9 Å². The minimum atomic E-state index is 0. The van der Waals surface area contributed by atoms with Crippen LogP contribution in [0.4, 0.5) is 0 Å². The summed E-state index contributed by atoms with van der Waals surface area (Å²) in [5.41, 5.74) is 7.82. The fourth-order valence-corrected chi connectivity index (χ4v) is 4.39. The van der Waals surface area contributed by atoms with Crippen LogP contribution in [0, 0.1) is 6.07 Å². The number of pyridine rings is 1. The molecule has 4 rings (SSSR count). The molecule has 147 valence electrons. The van der Waals surface area contributed by atoms with E-state index in [0.29, 0.717) is 0 Å². The molecule has 0 atom stereocenters. The van der Waals surface area contributed by atoms with E-state index < -0.39 is 0 Å². The maximum absolute atomic E-state index is 4.66. The van der Waals surface area contributed by atoms with E-state index in [-0.39, 0.29) is 30.9 Å². The minimum absolute atomic E-state index is 0. The molecule has 0 fully saturated rings. The Morgan fingerprint density at radius 2 is 1.50 bits per heavy atom. The maximum atomic E-state index is 4.66. The van der Waals surface area contributed by atoms with Crippen LogP contribution in [0.25, 0.3) is 22.4 Å². The molecule has 1 aliphatic rings. The number of nitrogens with zero attached hydrogens (tertiary/aromatic N) is 1. The molecule has 1 nitrogen and oxygen atoms in total. The van der Waals surface area contributed by atoms with Gasteiger partial charge in [0.2, 0.25) is 0 Å². The van der Waals surface area contributed by atoms with Gasteiger partial charge in [-0.05, 0) is 40.1 Å². The van der Waals surface area contributed by atoms with Crippen LogP contribution >= 0.6 is 0 Å². The van der Waals surface area contributed by atoms with E-state index in [1.807, 2.05) is 6.20 Å². The summed E-state index contributed by atoms with van der Waals surface area (Å²) in [4.78, 5) is 4.66. The van der Waals surface area contributed by atoms with E-state index in [1.54, 1.807) is 0 Å². The van der Waals surface area contributed by atoms with E-state index >= 15 is 0 Å². The molecule has 0 unspecified atom stereocenters. The van der Waals surface area contributed by atoms with Crippen LogP contribution in [0.15, 0.2) is 60.8 Å². The molecule has 1 aliphatic carbocycles. The van der Waals surface area contributed by atoms with E-state index in [9.17, 15) is 0 Å². The van der Waals surface area contributed by atoms with Crippen molar-refractivity contribution in [2.24, 2.45) is 0 Å². The van der Waals surface area contributed by atoms with Gasteiger partial charge < -0.3 is 4.98 Å². The second kappa shape index (κ2) is 7.93. The second-order valence-corrected chi connectivity index (χ2v) is 9.09. The number of hydrogen-bond donors (Lipinski definition) is 0. The molecule has 3 aromatic rings. The van der Waals surface area contributed by atoms with Gasteiger partial charge in [0.15, 0.2) is 0 Å². The molecular formula is C26H28IrN-. The Bertz CT molecular complexity index is 957. The van der Waals surface area contributed by atoms with Gasteiger partial charge in [-0.3, -0.25) is 0 Å². The fourth-order valence-electron chi connectivity index (χ4n) is 4.39. The first-order valence-electron chi connectivity index (χ1n) is 9.95. The molecule has 0 N–H and O–H groups in total. The van der Waals surface area contributed by atoms with E-state index in [2.05, 4.69) is 93.3 Å². The molecule has 2 aromatic carbocycles. The summed E-state index contributed by atoms with van der Waals surface area (Å²) in [5.74, 6) is 0. The van der Waals surface area contributed by atoms with Crippen LogP contribution < -0.4 is 0 Å². The molecule has 1 heterocycles. The van der Waals surface area contributed by atoms with Crippen molar-refractivity contribution in [3.05, 3.63) is 78.0 Å². The standard InChI is InChI=1S/C26H28N.Ir/c1-25(2)14-8-15-26(3,4)23-17-21(11-12-22(23)25)24-18-20(13-16-27-24)19-9-6-5-7-10-19;/h5-7,9-10,12-13,16-18H,8,14-15H2,1-4H3;/q-1;. The van der Waals surface area contributed by atoms with E-state index in [0.717, 1.165) is 11.3 Å². The quantitative estimate of drug-likeness (QED) is 0.250. The van der Waals surface area contributed by atoms with Crippen molar-refractivity contribution >= 4 is 0 Å². The predicted molar refractivity (Wildman–Crippen MR) is 114 cm³/mol. The average Bonchev–Trinajstić information content (AvgIpc) is 2.76. The number of hydrogen-bond acceptors (Lipinski definition) is 1. The van der Waals surface area contributed by atoms with E-state index in [4.69, 9.17) is 0 Å². The SMILES string of the molecule is CC1(C)CCCC(C)(C)c2cc(-c3cc(-c4ccccc4)ccn3)[c-]cc21.[Ir]. The number of aromatic nitrogens is 1. The Labute approximate surface area is 183 Å². The zero-order valence-electron chi connectivity index (χ0n) is 17.2. The van der Waals surface area contributed by atoms with Crippen molar-refractivity contribution in [3.63, 3.8) is 0 Å². The number of rotatable bonds is 2. The molecule has 0 bridgehead atoms. The predicted octanol–water partition coefficient (Wildman–Crippen LogP) is 6.95. The zero-order valence-corrected chi connectivity index (χ0v) is 19.6. The first-order chi connectivity index (χ1) is 12.9. The summed E-state index contributed by atoms with van der Waals surface area (Å²) < 4.78 is 0. The Morgan fingerprint density at radius 1 is 0.821 bits per heavy atom.